The van der Waals surface area contributed by atoms with Crippen LogP contribution in [0.3, 0.4) is 0 Å². The van der Waals surface area contributed by atoms with Crippen LogP contribution in [0.4, 0.5) is 5.95 Å². The van der Waals surface area contributed by atoms with Gasteiger partial charge < -0.3 is 20.7 Å². The molecular weight excluding hydrogens is 380 g/mol. The maximum Gasteiger partial charge on any atom is 0.237 e. The number of hydrogen-bond acceptors (Lipinski definition) is 6. The zero-order chi connectivity index (χ0) is 20.9. The summed E-state index contributed by atoms with van der Waals surface area (Å²) in [5, 5.41) is 15.3. The van der Waals surface area contributed by atoms with Gasteiger partial charge in [0.2, 0.25) is 11.9 Å². The van der Waals surface area contributed by atoms with Crippen molar-refractivity contribution in [1.82, 2.24) is 19.5 Å². The van der Waals surface area contributed by atoms with Crippen molar-refractivity contribution < 1.29 is 9.90 Å². The fraction of sp³-hybridized carbons (Fsp3) is 0.182. The Morgan fingerprint density at radius 2 is 1.97 bits per heavy atom. The Bertz CT molecular complexity index is 1170. The summed E-state index contributed by atoms with van der Waals surface area (Å²) in [4.78, 5) is 24.2. The van der Waals surface area contributed by atoms with Crippen LogP contribution in [0, 0.1) is 0 Å². The number of amides is 1. The molecule has 30 heavy (non-hydrogen) atoms. The number of carbonyl (C=O) groups is 1. The molecule has 0 unspecified atom stereocenters. The van der Waals surface area contributed by atoms with Gasteiger partial charge in [-0.05, 0) is 22.9 Å². The van der Waals surface area contributed by atoms with E-state index in [0.717, 1.165) is 22.3 Å². The van der Waals surface area contributed by atoms with Crippen molar-refractivity contribution in [3.63, 3.8) is 0 Å². The first-order valence-electron chi connectivity index (χ1n) is 9.59. The second kappa shape index (κ2) is 8.71. The average molecular weight is 402 g/mol. The lowest BCUT2D eigenvalue weighted by Gasteiger charge is -2.15. The van der Waals surface area contributed by atoms with Crippen LogP contribution in [0.2, 0.25) is 0 Å². The van der Waals surface area contributed by atoms with E-state index in [9.17, 15) is 9.90 Å². The number of anilines is 1. The number of carbonyl (C=O) groups excluding carboxylic acids is 1. The third kappa shape index (κ3) is 4.61. The highest BCUT2D eigenvalue weighted by Crippen LogP contribution is 2.23. The molecule has 0 aliphatic heterocycles. The van der Waals surface area contributed by atoms with Crippen LogP contribution >= 0.6 is 0 Å². The molecule has 0 aliphatic rings. The van der Waals surface area contributed by atoms with Crippen molar-refractivity contribution in [3.05, 3.63) is 72.9 Å². The van der Waals surface area contributed by atoms with Gasteiger partial charge in [0, 0.05) is 24.4 Å². The number of nitrogens with zero attached hydrogens (tertiary/aromatic N) is 4. The predicted molar refractivity (Wildman–Crippen MR) is 115 cm³/mol. The number of hydrogen-bond donors (Lipinski definition) is 3. The normalized spacial score (nSPS) is 12.0. The summed E-state index contributed by atoms with van der Waals surface area (Å²) in [5.41, 5.74) is 7.71. The predicted octanol–water partition coefficient (Wildman–Crippen LogP) is 1.99. The SMILES string of the molecule is NC(=O)Cn1cnc(C[C@@H](CO)Nc2nccc(-c3ccc4ccccc4c3)n2)c1. The molecule has 1 atom stereocenters. The minimum atomic E-state index is -0.435. The van der Waals surface area contributed by atoms with E-state index in [2.05, 4.69) is 44.5 Å². The lowest BCUT2D eigenvalue weighted by atomic mass is 10.1. The first-order valence-corrected chi connectivity index (χ1v) is 9.59. The van der Waals surface area contributed by atoms with Crippen molar-refractivity contribution in [2.75, 3.05) is 11.9 Å². The minimum Gasteiger partial charge on any atom is -0.394 e. The highest BCUT2D eigenvalue weighted by molar-refractivity contribution is 5.86. The molecule has 0 saturated carbocycles. The zero-order valence-corrected chi connectivity index (χ0v) is 16.3. The fourth-order valence-electron chi connectivity index (χ4n) is 3.31. The highest BCUT2D eigenvalue weighted by atomic mass is 16.3. The Hall–Kier alpha value is -3.78. The molecule has 0 saturated heterocycles. The molecule has 0 fully saturated rings. The first-order chi connectivity index (χ1) is 14.6. The molecule has 2 aromatic heterocycles. The van der Waals surface area contributed by atoms with Crippen LogP contribution in [-0.2, 0) is 17.8 Å². The van der Waals surface area contributed by atoms with Crippen LogP contribution in [-0.4, -0.2) is 43.2 Å². The topological polar surface area (TPSA) is 119 Å². The van der Waals surface area contributed by atoms with Gasteiger partial charge >= 0.3 is 0 Å². The van der Waals surface area contributed by atoms with E-state index in [0.29, 0.717) is 12.4 Å². The number of imidazole rings is 1. The molecule has 8 nitrogen and oxygen atoms in total. The monoisotopic (exact) mass is 402 g/mol. The second-order valence-corrected chi connectivity index (χ2v) is 7.06. The molecule has 2 aromatic carbocycles. The molecule has 0 aliphatic carbocycles. The van der Waals surface area contributed by atoms with Crippen LogP contribution in [0.15, 0.2) is 67.3 Å². The second-order valence-electron chi connectivity index (χ2n) is 7.06. The Morgan fingerprint density at radius 3 is 2.77 bits per heavy atom. The molecule has 4 aromatic rings. The Kier molecular flexibility index (Phi) is 5.67. The summed E-state index contributed by atoms with van der Waals surface area (Å²) in [6, 6.07) is 15.9. The molecule has 152 valence electrons. The van der Waals surface area contributed by atoms with Gasteiger partial charge in [0.25, 0.3) is 0 Å². The number of nitrogens with two attached hydrogens (primary N) is 1. The summed E-state index contributed by atoms with van der Waals surface area (Å²) >= 11 is 0. The van der Waals surface area contributed by atoms with E-state index in [1.165, 1.54) is 5.39 Å². The fourth-order valence-corrected chi connectivity index (χ4v) is 3.31. The third-order valence-electron chi connectivity index (χ3n) is 4.74. The largest absolute Gasteiger partial charge is 0.394 e. The van der Waals surface area contributed by atoms with Crippen molar-refractivity contribution >= 4 is 22.6 Å². The van der Waals surface area contributed by atoms with Crippen molar-refractivity contribution in [2.24, 2.45) is 5.73 Å². The van der Waals surface area contributed by atoms with Crippen LogP contribution in [0.1, 0.15) is 5.69 Å². The van der Waals surface area contributed by atoms with Crippen molar-refractivity contribution in [2.45, 2.75) is 19.0 Å². The minimum absolute atomic E-state index is 0.0706. The van der Waals surface area contributed by atoms with Gasteiger partial charge in [0.1, 0.15) is 6.54 Å². The third-order valence-corrected chi connectivity index (χ3v) is 4.74. The Morgan fingerprint density at radius 1 is 1.13 bits per heavy atom. The first kappa shape index (κ1) is 19.5. The summed E-state index contributed by atoms with van der Waals surface area (Å²) in [5.74, 6) is -0.00836. The standard InChI is InChI=1S/C22H22N6O2/c23-21(30)12-28-11-18(25-14-28)10-19(13-29)26-22-24-8-7-20(27-22)17-6-5-15-3-1-2-4-16(15)9-17/h1-9,11,14,19,29H,10,12-13H2,(H2,23,30)(H,24,26,27)/t19-/m0/s1. The van der Waals surface area contributed by atoms with E-state index in [1.54, 1.807) is 23.3 Å². The van der Waals surface area contributed by atoms with Gasteiger partial charge in [0.05, 0.1) is 30.4 Å². The summed E-state index contributed by atoms with van der Waals surface area (Å²) in [6.45, 7) is -0.0482. The number of nitrogens with one attached hydrogen (secondary N) is 1. The lowest BCUT2D eigenvalue weighted by molar-refractivity contribution is -0.118. The van der Waals surface area contributed by atoms with Crippen LogP contribution < -0.4 is 11.1 Å². The van der Waals surface area contributed by atoms with E-state index < -0.39 is 5.91 Å². The lowest BCUT2D eigenvalue weighted by Crippen LogP contribution is -2.27. The Balaban J connectivity index is 1.49. The Labute approximate surface area is 173 Å². The molecule has 8 heteroatoms. The zero-order valence-electron chi connectivity index (χ0n) is 16.3. The molecule has 4 rings (SSSR count). The van der Waals surface area contributed by atoms with E-state index in [4.69, 9.17) is 5.73 Å². The number of rotatable bonds is 8. The van der Waals surface area contributed by atoms with Gasteiger partial charge in [-0.1, -0.05) is 36.4 Å². The molecule has 0 bridgehead atoms. The van der Waals surface area contributed by atoms with Gasteiger partial charge in [-0.25, -0.2) is 15.0 Å². The summed E-state index contributed by atoms with van der Waals surface area (Å²) in [7, 11) is 0. The number of aromatic nitrogens is 4. The van der Waals surface area contributed by atoms with Crippen molar-refractivity contribution in [1.29, 1.82) is 0 Å². The maximum atomic E-state index is 11.0. The number of primary amides is 1. The van der Waals surface area contributed by atoms with Gasteiger partial charge in [-0.3, -0.25) is 4.79 Å². The number of aliphatic hydroxyl groups is 1. The average Bonchev–Trinajstić information content (AvgIpc) is 3.19. The number of benzene rings is 2. The van der Waals surface area contributed by atoms with Gasteiger partial charge in [-0.15, -0.1) is 0 Å². The highest BCUT2D eigenvalue weighted by Gasteiger charge is 2.13. The number of aliphatic hydroxyl groups excluding tert-OH is 1. The smallest absolute Gasteiger partial charge is 0.237 e. The maximum absolute atomic E-state index is 11.0. The van der Waals surface area contributed by atoms with Gasteiger partial charge in [-0.2, -0.15) is 0 Å². The quantitative estimate of drug-likeness (QED) is 0.415. The molecule has 0 spiro atoms. The molecular formula is C22H22N6O2. The number of fused-ring (bicyclic) bond motifs is 1. The van der Waals surface area contributed by atoms with E-state index in [-0.39, 0.29) is 19.2 Å². The van der Waals surface area contributed by atoms with Crippen LogP contribution in [0.5, 0.6) is 0 Å². The molecule has 1 amide bonds. The molecule has 2 heterocycles. The van der Waals surface area contributed by atoms with Gasteiger partial charge in [0.15, 0.2) is 0 Å². The molecule has 0 radical (unpaired) electrons. The van der Waals surface area contributed by atoms with Crippen molar-refractivity contribution in [3.8, 4) is 11.3 Å². The summed E-state index contributed by atoms with van der Waals surface area (Å²) < 4.78 is 1.61. The molecule has 4 N–H and O–H groups in total. The van der Waals surface area contributed by atoms with E-state index >= 15 is 0 Å². The van der Waals surface area contributed by atoms with Crippen LogP contribution in [0.25, 0.3) is 22.0 Å². The summed E-state index contributed by atoms with van der Waals surface area (Å²) in [6.07, 6.45) is 5.43. The van der Waals surface area contributed by atoms with E-state index in [1.807, 2.05) is 24.3 Å².